The van der Waals surface area contributed by atoms with Crippen molar-refractivity contribution < 1.29 is 27.1 Å². The number of hydrogen-bond donors (Lipinski definition) is 0. The molecule has 0 saturated heterocycles. The van der Waals surface area contributed by atoms with Crippen molar-refractivity contribution in [2.24, 2.45) is 0 Å². The smallest absolute Gasteiger partial charge is 0.265 e. The first-order valence-electron chi connectivity index (χ1n) is 11.0. The normalized spacial score (nSPS) is 12.1. The molecule has 0 radical (unpaired) electrons. The lowest BCUT2D eigenvalue weighted by atomic mass is 9.99. The van der Waals surface area contributed by atoms with Gasteiger partial charge in [0.2, 0.25) is 5.03 Å². The van der Waals surface area contributed by atoms with Crippen LogP contribution in [0.4, 0.5) is 4.39 Å². The van der Waals surface area contributed by atoms with Crippen LogP contribution in [-0.4, -0.2) is 42.5 Å². The third-order valence-corrected chi connectivity index (χ3v) is 7.26. The molecule has 0 saturated carbocycles. The number of ether oxygens (including phenoxy) is 2. The molecule has 0 aliphatic rings. The van der Waals surface area contributed by atoms with E-state index in [0.29, 0.717) is 22.6 Å². The first-order valence-corrected chi connectivity index (χ1v) is 12.4. The molecule has 10 heteroatoms. The van der Waals surface area contributed by atoms with Crippen molar-refractivity contribution in [3.8, 4) is 11.5 Å². The van der Waals surface area contributed by atoms with Gasteiger partial charge in [-0.05, 0) is 56.2 Å². The van der Waals surface area contributed by atoms with Crippen molar-refractivity contribution >= 4 is 15.8 Å². The average Bonchev–Trinajstić information content (AvgIpc) is 3.22. The summed E-state index contributed by atoms with van der Waals surface area (Å²) >= 11 is 0. The highest BCUT2D eigenvalue weighted by Gasteiger charge is 2.34. The fourth-order valence-corrected chi connectivity index (χ4v) is 5.10. The summed E-state index contributed by atoms with van der Waals surface area (Å²) in [5.41, 5.74) is 0.497. The molecule has 3 aromatic rings. The summed E-state index contributed by atoms with van der Waals surface area (Å²) in [6, 6.07) is 13.9. The molecule has 2 aromatic carbocycles. The van der Waals surface area contributed by atoms with Crippen LogP contribution in [0.2, 0.25) is 0 Å². The molecule has 3 rings (SSSR count). The Morgan fingerprint density at radius 2 is 1.43 bits per heavy atom. The van der Waals surface area contributed by atoms with Crippen LogP contribution in [0, 0.1) is 5.82 Å². The molecule has 188 valence electrons. The van der Waals surface area contributed by atoms with E-state index in [1.165, 1.54) is 15.9 Å². The van der Waals surface area contributed by atoms with E-state index in [2.05, 4.69) is 5.10 Å². The van der Waals surface area contributed by atoms with Crippen molar-refractivity contribution in [3.05, 3.63) is 71.7 Å². The Morgan fingerprint density at radius 3 is 1.83 bits per heavy atom. The molecule has 35 heavy (non-hydrogen) atoms. The quantitative estimate of drug-likeness (QED) is 0.391. The number of benzene rings is 2. The highest BCUT2D eigenvalue weighted by Crippen LogP contribution is 2.27. The van der Waals surface area contributed by atoms with Crippen LogP contribution in [0.3, 0.4) is 0 Å². The van der Waals surface area contributed by atoms with Crippen LogP contribution in [0.15, 0.2) is 59.8 Å². The maximum Gasteiger partial charge on any atom is 0.265 e. The van der Waals surface area contributed by atoms with Gasteiger partial charge in [-0.2, -0.15) is 9.40 Å². The zero-order valence-corrected chi connectivity index (χ0v) is 21.3. The molecule has 0 amide bonds. The van der Waals surface area contributed by atoms with Crippen LogP contribution >= 0.6 is 0 Å². The van der Waals surface area contributed by atoms with E-state index in [1.54, 1.807) is 76.6 Å². The van der Waals surface area contributed by atoms with Gasteiger partial charge in [0.15, 0.2) is 5.82 Å². The van der Waals surface area contributed by atoms with Gasteiger partial charge < -0.3 is 9.47 Å². The summed E-state index contributed by atoms with van der Waals surface area (Å²) in [4.78, 5) is 11.6. The van der Waals surface area contributed by atoms with Crippen molar-refractivity contribution in [3.63, 3.8) is 0 Å². The van der Waals surface area contributed by atoms with E-state index >= 15 is 4.39 Å². The predicted octanol–water partition coefficient (Wildman–Crippen LogP) is 4.14. The van der Waals surface area contributed by atoms with E-state index in [1.807, 2.05) is 0 Å². The first-order chi connectivity index (χ1) is 16.5. The fraction of sp³-hybridized carbons (Fsp3) is 0.360. The van der Waals surface area contributed by atoms with E-state index in [0.717, 1.165) is 6.20 Å². The summed E-state index contributed by atoms with van der Waals surface area (Å²) in [6.45, 7) is 4.79. The molecule has 0 spiro atoms. The highest BCUT2D eigenvalue weighted by atomic mass is 32.2. The van der Waals surface area contributed by atoms with E-state index < -0.39 is 26.4 Å². The molecule has 1 heterocycles. The monoisotopic (exact) mass is 503 g/mol. The molecule has 0 N–H and O–H groups in total. The standard InChI is InChI=1S/C25H30FN3O5S/c1-18(30)14-25(2,3)29-17-23(26)24(27-29)35(31,32)28(15-19-6-10-21(33-4)11-7-19)16-20-8-12-22(34-5)13-9-20/h6-13,17H,14-16H2,1-5H3. The maximum atomic E-state index is 15.0. The molecule has 8 nitrogen and oxygen atoms in total. The van der Waals surface area contributed by atoms with Crippen LogP contribution in [0.1, 0.15) is 38.3 Å². The highest BCUT2D eigenvalue weighted by molar-refractivity contribution is 7.89. The number of carbonyl (C=O) groups excluding carboxylic acids is 1. The summed E-state index contributed by atoms with van der Waals surface area (Å²) in [7, 11) is -1.26. The summed E-state index contributed by atoms with van der Waals surface area (Å²) in [5.74, 6) is 0.179. The molecule has 0 bridgehead atoms. The Hall–Kier alpha value is -3.24. The minimum atomic E-state index is -4.35. The number of sulfonamides is 1. The van der Waals surface area contributed by atoms with Gasteiger partial charge in [-0.25, -0.2) is 12.8 Å². The fourth-order valence-electron chi connectivity index (χ4n) is 3.73. The summed E-state index contributed by atoms with van der Waals surface area (Å²) in [6.07, 6.45) is 1.10. The number of carbonyl (C=O) groups is 1. The van der Waals surface area contributed by atoms with Crippen LogP contribution < -0.4 is 9.47 Å². The Balaban J connectivity index is 2.00. The second-order valence-electron chi connectivity index (χ2n) is 8.89. The van der Waals surface area contributed by atoms with Crippen LogP contribution in [0.25, 0.3) is 0 Å². The van der Waals surface area contributed by atoms with Gasteiger partial charge in [0, 0.05) is 19.5 Å². The third kappa shape index (κ3) is 6.26. The molecule has 0 unspecified atom stereocenters. The minimum absolute atomic E-state index is 0.0124. The predicted molar refractivity (Wildman–Crippen MR) is 129 cm³/mol. The average molecular weight is 504 g/mol. The lowest BCUT2D eigenvalue weighted by Gasteiger charge is -2.24. The number of Topliss-reactive ketones (excluding diaryl/α,β-unsaturated/α-hetero) is 1. The van der Waals surface area contributed by atoms with E-state index in [4.69, 9.17) is 9.47 Å². The van der Waals surface area contributed by atoms with Gasteiger partial charge in [-0.15, -0.1) is 0 Å². The third-order valence-electron chi connectivity index (χ3n) is 5.56. The number of rotatable bonds is 11. The van der Waals surface area contributed by atoms with Crippen molar-refractivity contribution in [1.82, 2.24) is 14.1 Å². The molecular formula is C25H30FN3O5S. The lowest BCUT2D eigenvalue weighted by Crippen LogP contribution is -2.32. The Kier molecular flexibility index (Phi) is 7.97. The van der Waals surface area contributed by atoms with Crippen molar-refractivity contribution in [2.45, 2.75) is 50.8 Å². The first kappa shape index (κ1) is 26.4. The number of nitrogens with zero attached hydrogens (tertiary/aromatic N) is 3. The Bertz CT molecular complexity index is 1220. The van der Waals surface area contributed by atoms with E-state index in [-0.39, 0.29) is 25.3 Å². The van der Waals surface area contributed by atoms with E-state index in [9.17, 15) is 13.2 Å². The second-order valence-corrected chi connectivity index (χ2v) is 10.7. The van der Waals surface area contributed by atoms with Gasteiger partial charge >= 0.3 is 0 Å². The molecular weight excluding hydrogens is 473 g/mol. The lowest BCUT2D eigenvalue weighted by molar-refractivity contribution is -0.118. The minimum Gasteiger partial charge on any atom is -0.497 e. The molecule has 0 aliphatic carbocycles. The number of methoxy groups -OCH3 is 2. The molecule has 1 aromatic heterocycles. The SMILES string of the molecule is COc1ccc(CN(Cc2ccc(OC)cc2)S(=O)(=O)c2nn(C(C)(C)CC(C)=O)cc2F)cc1. The number of aromatic nitrogens is 2. The number of hydrogen-bond acceptors (Lipinski definition) is 6. The Morgan fingerprint density at radius 1 is 0.971 bits per heavy atom. The summed E-state index contributed by atoms with van der Waals surface area (Å²) < 4.78 is 55.1. The molecule has 0 fully saturated rings. The molecule has 0 atom stereocenters. The van der Waals surface area contributed by atoms with Crippen molar-refractivity contribution in [2.75, 3.05) is 14.2 Å². The maximum absolute atomic E-state index is 15.0. The largest absolute Gasteiger partial charge is 0.497 e. The number of ketones is 1. The van der Waals surface area contributed by atoms with Crippen LogP contribution in [-0.2, 0) is 33.4 Å². The zero-order chi connectivity index (χ0) is 25.8. The second kappa shape index (κ2) is 10.6. The topological polar surface area (TPSA) is 90.7 Å². The van der Waals surface area contributed by atoms with Crippen molar-refractivity contribution in [1.29, 1.82) is 0 Å². The van der Waals surface area contributed by atoms with Crippen LogP contribution in [0.5, 0.6) is 11.5 Å². The Labute approximate surface area is 205 Å². The van der Waals surface area contributed by atoms with Gasteiger partial charge in [0.05, 0.1) is 26.0 Å². The zero-order valence-electron chi connectivity index (χ0n) is 20.5. The molecule has 0 aliphatic heterocycles. The van der Waals surface area contributed by atoms with Gasteiger partial charge in [-0.1, -0.05) is 24.3 Å². The van der Waals surface area contributed by atoms with Gasteiger partial charge in [-0.3, -0.25) is 9.48 Å². The number of halogens is 1. The van der Waals surface area contributed by atoms with Gasteiger partial charge in [0.1, 0.15) is 17.3 Å². The summed E-state index contributed by atoms with van der Waals surface area (Å²) in [5, 5.41) is 3.40. The van der Waals surface area contributed by atoms with Gasteiger partial charge in [0.25, 0.3) is 10.0 Å².